The number of piperidine rings is 1. The molecule has 0 saturated carbocycles. The molecule has 3 aromatic rings. The number of aromatic nitrogens is 2. The topological polar surface area (TPSA) is 70.6 Å². The highest BCUT2D eigenvalue weighted by molar-refractivity contribution is 5.89. The standard InChI is InChI=1S/C28H30F5N5O2/c1-37(2)14-11-35-26(39)27(19-16-22(30)24(36-17-19)20-5-4-10-34-25(20)40-3)8-12-38(13-9-27)23-7-6-18(15-21(23)29)28(31,32)33/h4-7,10,15-17H,8-9,11-14H2,1-3H3,(H,35,39). The van der Waals surface area contributed by atoms with Gasteiger partial charge in [0.1, 0.15) is 17.3 Å². The number of hydrogen-bond donors (Lipinski definition) is 1. The maximum absolute atomic E-state index is 15.5. The fraction of sp³-hybridized carbons (Fsp3) is 0.393. The molecule has 0 unspecified atom stereocenters. The average molecular weight is 564 g/mol. The predicted octanol–water partition coefficient (Wildman–Crippen LogP) is 4.67. The number of amides is 1. The van der Waals surface area contributed by atoms with Gasteiger partial charge in [-0.2, -0.15) is 13.2 Å². The van der Waals surface area contributed by atoms with Crippen LogP contribution >= 0.6 is 0 Å². The van der Waals surface area contributed by atoms with Crippen molar-refractivity contribution >= 4 is 11.6 Å². The first-order valence-electron chi connectivity index (χ1n) is 12.7. The Kier molecular flexibility index (Phi) is 8.57. The number of ether oxygens (including phenoxy) is 1. The van der Waals surface area contributed by atoms with E-state index in [9.17, 15) is 22.4 Å². The zero-order valence-electron chi connectivity index (χ0n) is 22.4. The van der Waals surface area contributed by atoms with Crippen molar-refractivity contribution < 1.29 is 31.5 Å². The number of benzene rings is 1. The van der Waals surface area contributed by atoms with Gasteiger partial charge in [-0.15, -0.1) is 0 Å². The third kappa shape index (κ3) is 6.01. The first-order chi connectivity index (χ1) is 19.0. The molecule has 0 atom stereocenters. The molecular weight excluding hydrogens is 533 g/mol. The van der Waals surface area contributed by atoms with Gasteiger partial charge in [-0.25, -0.2) is 13.8 Å². The van der Waals surface area contributed by atoms with Gasteiger partial charge in [0, 0.05) is 38.6 Å². The maximum atomic E-state index is 15.5. The van der Waals surface area contributed by atoms with Gasteiger partial charge in [-0.05, 0) is 68.9 Å². The molecule has 0 bridgehead atoms. The minimum absolute atomic E-state index is 0.0120. The van der Waals surface area contributed by atoms with E-state index < -0.39 is 28.8 Å². The Morgan fingerprint density at radius 2 is 1.82 bits per heavy atom. The summed E-state index contributed by atoms with van der Waals surface area (Å²) in [5.41, 5.74) is -1.53. The molecule has 3 heterocycles. The van der Waals surface area contributed by atoms with Crippen molar-refractivity contribution in [1.82, 2.24) is 20.2 Å². The van der Waals surface area contributed by atoms with Gasteiger partial charge < -0.3 is 19.9 Å². The van der Waals surface area contributed by atoms with Crippen LogP contribution in [-0.4, -0.2) is 68.2 Å². The fourth-order valence-electron chi connectivity index (χ4n) is 4.91. The Morgan fingerprint density at radius 1 is 1.10 bits per heavy atom. The van der Waals surface area contributed by atoms with E-state index >= 15 is 4.39 Å². The number of likely N-dealkylation sites (N-methyl/N-ethyl adjacent to an activating group) is 1. The molecule has 0 aliphatic carbocycles. The number of carbonyl (C=O) groups is 1. The number of pyridine rings is 2. The molecule has 1 amide bonds. The van der Waals surface area contributed by atoms with Gasteiger partial charge in [-0.3, -0.25) is 9.78 Å². The summed E-state index contributed by atoms with van der Waals surface area (Å²) in [5.74, 6) is -1.79. The Morgan fingerprint density at radius 3 is 2.42 bits per heavy atom. The summed E-state index contributed by atoms with van der Waals surface area (Å²) >= 11 is 0. The van der Waals surface area contributed by atoms with E-state index in [0.717, 1.165) is 12.1 Å². The lowest BCUT2D eigenvalue weighted by molar-refractivity contribution is -0.137. The van der Waals surface area contributed by atoms with Crippen LogP contribution in [0.4, 0.5) is 27.6 Å². The second-order valence-electron chi connectivity index (χ2n) is 9.91. The van der Waals surface area contributed by atoms with Crippen LogP contribution in [0.1, 0.15) is 24.0 Å². The number of hydrogen-bond acceptors (Lipinski definition) is 6. The van der Waals surface area contributed by atoms with E-state index in [-0.39, 0.29) is 49.1 Å². The Balaban J connectivity index is 1.65. The van der Waals surface area contributed by atoms with Crippen molar-refractivity contribution in [3.63, 3.8) is 0 Å². The first kappa shape index (κ1) is 29.2. The number of anilines is 1. The molecule has 12 heteroatoms. The number of rotatable bonds is 8. The van der Waals surface area contributed by atoms with Gasteiger partial charge in [0.05, 0.1) is 29.3 Å². The molecule has 214 valence electrons. The summed E-state index contributed by atoms with van der Waals surface area (Å²) in [6.07, 6.45) is -1.38. The molecule has 0 radical (unpaired) electrons. The average Bonchev–Trinajstić information content (AvgIpc) is 2.92. The van der Waals surface area contributed by atoms with Crippen molar-refractivity contribution in [2.24, 2.45) is 0 Å². The SMILES string of the molecule is COc1ncccc1-c1ncc(C2(C(=O)NCCN(C)C)CCN(c3ccc(C(F)(F)F)cc3F)CC2)cc1F. The van der Waals surface area contributed by atoms with Crippen LogP contribution in [-0.2, 0) is 16.4 Å². The minimum Gasteiger partial charge on any atom is -0.481 e. The summed E-state index contributed by atoms with van der Waals surface area (Å²) in [4.78, 5) is 25.5. The van der Waals surface area contributed by atoms with E-state index in [1.54, 1.807) is 17.0 Å². The predicted molar refractivity (Wildman–Crippen MR) is 140 cm³/mol. The van der Waals surface area contributed by atoms with Crippen molar-refractivity contribution in [2.75, 3.05) is 52.3 Å². The molecule has 0 spiro atoms. The molecular formula is C28H30F5N5O2. The Labute approximate surface area is 229 Å². The Hall–Kier alpha value is -3.80. The molecule has 4 rings (SSSR count). The molecule has 1 fully saturated rings. The lowest BCUT2D eigenvalue weighted by atomic mass is 9.72. The van der Waals surface area contributed by atoms with Gasteiger partial charge in [-0.1, -0.05) is 0 Å². The van der Waals surface area contributed by atoms with Crippen LogP contribution in [0.25, 0.3) is 11.3 Å². The number of carbonyl (C=O) groups excluding carboxylic acids is 1. The lowest BCUT2D eigenvalue weighted by Crippen LogP contribution is -2.52. The number of methoxy groups -OCH3 is 1. The zero-order valence-corrected chi connectivity index (χ0v) is 22.4. The van der Waals surface area contributed by atoms with Crippen molar-refractivity contribution in [3.8, 4) is 17.1 Å². The highest BCUT2D eigenvalue weighted by atomic mass is 19.4. The highest BCUT2D eigenvalue weighted by Gasteiger charge is 2.44. The van der Waals surface area contributed by atoms with E-state index in [2.05, 4.69) is 15.3 Å². The van der Waals surface area contributed by atoms with Gasteiger partial charge in [0.25, 0.3) is 0 Å². The molecule has 1 aromatic carbocycles. The molecule has 1 aliphatic heterocycles. The quantitative estimate of drug-likeness (QED) is 0.402. The maximum Gasteiger partial charge on any atom is 0.416 e. The largest absolute Gasteiger partial charge is 0.481 e. The highest BCUT2D eigenvalue weighted by Crippen LogP contribution is 2.40. The molecule has 1 saturated heterocycles. The van der Waals surface area contributed by atoms with Crippen LogP contribution < -0.4 is 15.0 Å². The number of nitrogens with zero attached hydrogens (tertiary/aromatic N) is 4. The second kappa shape index (κ2) is 11.7. The van der Waals surface area contributed by atoms with Gasteiger partial charge >= 0.3 is 6.18 Å². The summed E-state index contributed by atoms with van der Waals surface area (Å²) in [5, 5.41) is 2.92. The van der Waals surface area contributed by atoms with Crippen LogP contribution in [0, 0.1) is 11.6 Å². The fourth-order valence-corrected chi connectivity index (χ4v) is 4.91. The van der Waals surface area contributed by atoms with Crippen molar-refractivity contribution in [1.29, 1.82) is 0 Å². The van der Waals surface area contributed by atoms with E-state index in [0.29, 0.717) is 30.3 Å². The van der Waals surface area contributed by atoms with Crippen LogP contribution in [0.3, 0.4) is 0 Å². The minimum atomic E-state index is -4.66. The van der Waals surface area contributed by atoms with Crippen LogP contribution in [0.15, 0.2) is 48.8 Å². The monoisotopic (exact) mass is 563 g/mol. The molecule has 1 aliphatic rings. The second-order valence-corrected chi connectivity index (χ2v) is 9.91. The van der Waals surface area contributed by atoms with Gasteiger partial charge in [0.2, 0.25) is 11.8 Å². The van der Waals surface area contributed by atoms with Crippen molar-refractivity contribution in [3.05, 3.63) is 71.6 Å². The number of alkyl halides is 3. The number of halogens is 5. The lowest BCUT2D eigenvalue weighted by Gasteiger charge is -2.42. The molecule has 1 N–H and O–H groups in total. The first-order valence-corrected chi connectivity index (χ1v) is 12.7. The summed E-state index contributed by atoms with van der Waals surface area (Å²) in [6, 6.07) is 6.92. The summed E-state index contributed by atoms with van der Waals surface area (Å²) in [6.45, 7) is 1.25. The van der Waals surface area contributed by atoms with Crippen LogP contribution in [0.2, 0.25) is 0 Å². The molecule has 40 heavy (non-hydrogen) atoms. The van der Waals surface area contributed by atoms with E-state index in [1.807, 2.05) is 19.0 Å². The van der Waals surface area contributed by atoms with Crippen LogP contribution in [0.5, 0.6) is 5.88 Å². The van der Waals surface area contributed by atoms with E-state index in [4.69, 9.17) is 4.74 Å². The zero-order chi connectivity index (χ0) is 29.1. The third-order valence-corrected chi connectivity index (χ3v) is 7.13. The molecule has 2 aromatic heterocycles. The third-order valence-electron chi connectivity index (χ3n) is 7.13. The normalized spacial score (nSPS) is 15.3. The summed E-state index contributed by atoms with van der Waals surface area (Å²) in [7, 11) is 5.14. The molecule has 7 nitrogen and oxygen atoms in total. The smallest absolute Gasteiger partial charge is 0.416 e. The van der Waals surface area contributed by atoms with E-state index in [1.165, 1.54) is 25.6 Å². The Bertz CT molecular complexity index is 1360. The summed E-state index contributed by atoms with van der Waals surface area (Å²) < 4.78 is 74.4. The van der Waals surface area contributed by atoms with Crippen molar-refractivity contribution in [2.45, 2.75) is 24.4 Å². The van der Waals surface area contributed by atoms with Gasteiger partial charge in [0.15, 0.2) is 0 Å². The number of nitrogens with one attached hydrogen (secondary N) is 1.